The molecule has 0 saturated carbocycles. The van der Waals surface area contributed by atoms with E-state index in [0.717, 1.165) is 19.3 Å². The summed E-state index contributed by atoms with van der Waals surface area (Å²) in [6.07, 6.45) is 19.1. The Labute approximate surface area is 246 Å². The molecular weight excluding hydrogens is 538 g/mol. The smallest absolute Gasteiger partial charge is 0.269 e. The molecule has 0 aromatic heterocycles. The molecule has 9 heteroatoms. The number of nitrogen functional groups attached to an aromatic ring is 1. The molecule has 0 aliphatic heterocycles. The van der Waals surface area contributed by atoms with E-state index in [1.165, 1.54) is 89.2 Å². The van der Waals surface area contributed by atoms with Gasteiger partial charge in [0, 0.05) is 29.0 Å². The predicted octanol–water partition coefficient (Wildman–Crippen LogP) is 8.11. The summed E-state index contributed by atoms with van der Waals surface area (Å²) in [5.41, 5.74) is 7.47. The van der Waals surface area contributed by atoms with E-state index in [1.807, 2.05) is 0 Å². The van der Waals surface area contributed by atoms with Gasteiger partial charge in [-0.3, -0.25) is 14.1 Å². The zero-order valence-corrected chi connectivity index (χ0v) is 25.4. The van der Waals surface area contributed by atoms with Crippen LogP contribution in [0.1, 0.15) is 126 Å². The lowest BCUT2D eigenvalue weighted by atomic mass is 10.0. The largest absolute Gasteiger partial charge is 0.399 e. The number of carbonyl (C=O) groups is 2. The normalized spacial score (nSPS) is 11.4. The van der Waals surface area contributed by atoms with Gasteiger partial charge in [0.1, 0.15) is 5.75 Å². The van der Waals surface area contributed by atoms with Gasteiger partial charge in [0.15, 0.2) is 0 Å². The number of hydrogen-bond donors (Lipinski definition) is 4. The lowest BCUT2D eigenvalue weighted by Gasteiger charge is -2.12. The first-order valence-corrected chi connectivity index (χ1v) is 16.8. The highest BCUT2D eigenvalue weighted by atomic mass is 32.2. The molecule has 0 fully saturated rings. The van der Waals surface area contributed by atoms with Crippen molar-refractivity contribution in [1.29, 1.82) is 0 Å². The summed E-state index contributed by atoms with van der Waals surface area (Å²) < 4.78 is 32.2. The van der Waals surface area contributed by atoms with Crippen molar-refractivity contribution < 1.29 is 22.6 Å². The lowest BCUT2D eigenvalue weighted by molar-refractivity contribution is -0.116. The fraction of sp³-hybridized carbons (Fsp3) is 0.562. The van der Waals surface area contributed by atoms with Gasteiger partial charge in [-0.2, -0.15) is 8.42 Å². The van der Waals surface area contributed by atoms with E-state index in [9.17, 15) is 22.6 Å². The number of unbranched alkanes of at least 4 members (excludes halogenated alkanes) is 14. The highest BCUT2D eigenvalue weighted by Gasteiger charge is 2.13. The molecular formula is C32H49N3O5S. The number of benzene rings is 2. The molecule has 0 radical (unpaired) electrons. The van der Waals surface area contributed by atoms with Gasteiger partial charge in [0.2, 0.25) is 5.91 Å². The topological polar surface area (TPSA) is 139 Å². The first-order valence-electron chi connectivity index (χ1n) is 15.2. The zero-order chi connectivity index (χ0) is 29.9. The maximum Gasteiger partial charge on any atom is 0.269 e. The Morgan fingerprint density at radius 2 is 1.17 bits per heavy atom. The van der Waals surface area contributed by atoms with Crippen molar-refractivity contribution in [1.82, 2.24) is 0 Å². The van der Waals surface area contributed by atoms with Crippen LogP contribution in [-0.2, 0) is 20.7 Å². The number of hydrogen-bond acceptors (Lipinski definition) is 5. The predicted molar refractivity (Wildman–Crippen MR) is 169 cm³/mol. The molecule has 0 unspecified atom stereocenters. The zero-order valence-electron chi connectivity index (χ0n) is 24.6. The quantitative estimate of drug-likeness (QED) is 0.0661. The fourth-order valence-electron chi connectivity index (χ4n) is 4.85. The average molecular weight is 588 g/mol. The van der Waals surface area contributed by atoms with Gasteiger partial charge >= 0.3 is 0 Å². The molecule has 41 heavy (non-hydrogen) atoms. The summed E-state index contributed by atoms with van der Waals surface area (Å²) in [7, 11) is -4.30. The Balaban J connectivity index is 1.71. The molecule has 0 spiro atoms. The Morgan fingerprint density at radius 1 is 0.707 bits per heavy atom. The summed E-state index contributed by atoms with van der Waals surface area (Å²) in [6, 6.07) is 10.9. The Morgan fingerprint density at radius 3 is 1.66 bits per heavy atom. The van der Waals surface area contributed by atoms with Crippen molar-refractivity contribution in [3.05, 3.63) is 53.6 Å². The molecule has 8 nitrogen and oxygen atoms in total. The molecule has 0 aliphatic carbocycles. The number of anilines is 3. The van der Waals surface area contributed by atoms with E-state index in [0.29, 0.717) is 29.0 Å². The number of nitrogens with two attached hydrogens (primary N) is 1. The molecule has 2 aromatic rings. The van der Waals surface area contributed by atoms with Gasteiger partial charge in [-0.15, -0.1) is 0 Å². The van der Waals surface area contributed by atoms with Crippen LogP contribution in [0, 0.1) is 0 Å². The maximum atomic E-state index is 12.6. The number of amides is 2. The van der Waals surface area contributed by atoms with Crippen LogP contribution in [0.25, 0.3) is 0 Å². The summed E-state index contributed by atoms with van der Waals surface area (Å²) in [4.78, 5) is 25.2. The maximum absolute atomic E-state index is 12.6. The van der Waals surface area contributed by atoms with Crippen LogP contribution in [-0.4, -0.2) is 24.8 Å². The van der Waals surface area contributed by atoms with Gasteiger partial charge in [-0.25, -0.2) is 0 Å². The van der Waals surface area contributed by atoms with E-state index in [4.69, 9.17) is 5.73 Å². The summed E-state index contributed by atoms with van der Waals surface area (Å²) >= 11 is 0. The molecule has 2 rings (SSSR count). The van der Waals surface area contributed by atoms with Crippen LogP contribution >= 0.6 is 0 Å². The Hall–Kier alpha value is -2.91. The van der Waals surface area contributed by atoms with Gasteiger partial charge < -0.3 is 16.4 Å². The van der Waals surface area contributed by atoms with E-state index in [-0.39, 0.29) is 11.5 Å². The minimum atomic E-state index is -4.30. The van der Waals surface area contributed by atoms with E-state index < -0.39 is 21.8 Å². The first kappa shape index (κ1) is 34.3. The monoisotopic (exact) mass is 587 g/mol. The van der Waals surface area contributed by atoms with E-state index in [2.05, 4.69) is 17.6 Å². The minimum Gasteiger partial charge on any atom is -0.399 e. The highest BCUT2D eigenvalue weighted by Crippen LogP contribution is 2.22. The van der Waals surface area contributed by atoms with Crippen molar-refractivity contribution in [2.24, 2.45) is 0 Å². The van der Waals surface area contributed by atoms with E-state index >= 15 is 0 Å². The second-order valence-electron chi connectivity index (χ2n) is 11.0. The average Bonchev–Trinajstić information content (AvgIpc) is 2.90. The van der Waals surface area contributed by atoms with Gasteiger partial charge in [-0.05, 0) is 54.4 Å². The summed E-state index contributed by atoms with van der Waals surface area (Å²) in [5, 5.41) is 5.51. The third kappa shape index (κ3) is 16.2. The van der Waals surface area contributed by atoms with E-state index in [1.54, 1.807) is 30.3 Å². The van der Waals surface area contributed by atoms with Crippen molar-refractivity contribution >= 4 is 39.0 Å². The molecule has 5 N–H and O–H groups in total. The first-order chi connectivity index (χ1) is 19.7. The third-order valence-electron chi connectivity index (χ3n) is 7.06. The van der Waals surface area contributed by atoms with Crippen LogP contribution in [0.3, 0.4) is 0 Å². The highest BCUT2D eigenvalue weighted by molar-refractivity contribution is 7.85. The fourth-order valence-corrected chi connectivity index (χ4v) is 5.44. The molecule has 0 heterocycles. The Bertz CT molecular complexity index is 1170. The molecule has 0 saturated heterocycles. The molecule has 228 valence electrons. The number of rotatable bonds is 21. The molecule has 0 bridgehead atoms. The van der Waals surface area contributed by atoms with Crippen LogP contribution in [0.4, 0.5) is 17.1 Å². The van der Waals surface area contributed by atoms with Gasteiger partial charge in [0.05, 0.1) is 0 Å². The van der Waals surface area contributed by atoms with Crippen molar-refractivity contribution in [3.8, 4) is 0 Å². The minimum absolute atomic E-state index is 0.181. The lowest BCUT2D eigenvalue weighted by Crippen LogP contribution is -2.15. The molecule has 0 atom stereocenters. The molecule has 2 amide bonds. The second-order valence-corrected chi connectivity index (χ2v) is 12.4. The number of nitrogens with one attached hydrogen (secondary N) is 2. The van der Waals surface area contributed by atoms with Gasteiger partial charge in [-0.1, -0.05) is 96.8 Å². The second kappa shape index (κ2) is 19.3. The standard InChI is InChI=1S/C32H49N3O5S/c1-2-3-4-5-6-7-8-9-10-11-12-13-14-15-16-17-31(36)34-29-22-26(25-41(38,39)40)23-30(24-29)35-32(37)27-18-20-28(33)21-19-27/h18-24H,2-17,25,33H2,1H3,(H,34,36)(H,35,37)(H,38,39,40). The summed E-state index contributed by atoms with van der Waals surface area (Å²) in [6.45, 7) is 2.25. The number of carbonyl (C=O) groups excluding carboxylic acids is 2. The van der Waals surface area contributed by atoms with Crippen LogP contribution in [0.15, 0.2) is 42.5 Å². The molecule has 2 aromatic carbocycles. The third-order valence-corrected chi connectivity index (χ3v) is 7.76. The Kier molecular flexibility index (Phi) is 16.1. The van der Waals surface area contributed by atoms with Crippen LogP contribution in [0.5, 0.6) is 0 Å². The van der Waals surface area contributed by atoms with Crippen molar-refractivity contribution in [2.45, 2.75) is 115 Å². The molecule has 0 aliphatic rings. The van der Waals surface area contributed by atoms with Crippen molar-refractivity contribution in [3.63, 3.8) is 0 Å². The summed E-state index contributed by atoms with van der Waals surface area (Å²) in [5.74, 6) is -1.23. The van der Waals surface area contributed by atoms with Crippen LogP contribution in [0.2, 0.25) is 0 Å². The van der Waals surface area contributed by atoms with Crippen molar-refractivity contribution in [2.75, 3.05) is 16.4 Å². The van der Waals surface area contributed by atoms with Crippen LogP contribution < -0.4 is 16.4 Å². The SMILES string of the molecule is CCCCCCCCCCCCCCCCCC(=O)Nc1cc(CS(=O)(=O)O)cc(NC(=O)c2ccc(N)cc2)c1. The van der Waals surface area contributed by atoms with Gasteiger partial charge in [0.25, 0.3) is 16.0 Å².